The Kier molecular flexibility index (Phi) is 8.99. The Morgan fingerprint density at radius 3 is 2.16 bits per heavy atom. The van der Waals surface area contributed by atoms with Crippen molar-refractivity contribution in [1.82, 2.24) is 10.6 Å². The highest BCUT2D eigenvalue weighted by atomic mass is 19.1. The van der Waals surface area contributed by atoms with Crippen LogP contribution in [0.4, 0.5) is 9.18 Å². The van der Waals surface area contributed by atoms with Gasteiger partial charge in [0.2, 0.25) is 5.91 Å². The number of benzene rings is 2. The van der Waals surface area contributed by atoms with Gasteiger partial charge in [0.25, 0.3) is 0 Å². The maximum absolute atomic E-state index is 13.1. The number of hydrogen-bond acceptors (Lipinski definition) is 5. The van der Waals surface area contributed by atoms with E-state index >= 15 is 0 Å². The number of halogens is 1. The summed E-state index contributed by atoms with van der Waals surface area (Å²) in [5, 5.41) is 5.16. The number of alkyl carbamates (subject to hydrolysis) is 1. The van der Waals surface area contributed by atoms with Gasteiger partial charge in [-0.3, -0.25) is 4.79 Å². The van der Waals surface area contributed by atoms with Gasteiger partial charge < -0.3 is 20.1 Å². The molecule has 2 amide bonds. The Morgan fingerprint density at radius 2 is 1.58 bits per heavy atom. The van der Waals surface area contributed by atoms with Crippen molar-refractivity contribution >= 4 is 18.0 Å². The van der Waals surface area contributed by atoms with Crippen LogP contribution < -0.4 is 10.6 Å². The molecule has 31 heavy (non-hydrogen) atoms. The maximum atomic E-state index is 13.1. The highest BCUT2D eigenvalue weighted by molar-refractivity contribution is 5.90. The lowest BCUT2D eigenvalue weighted by molar-refractivity contribution is -0.145. The molecule has 0 spiro atoms. The lowest BCUT2D eigenvalue weighted by Gasteiger charge is -2.24. The standard InChI is InChI=1S/C23H27FN2O5/c1-15(2)20(26-23(29)31-14-17-7-5-4-6-8-17)21(27)25-19(22(28)30-3)13-16-9-11-18(24)12-10-16/h4-12,15,19-20H,13-14H2,1-3H3,(H,25,27)(H,26,29)/t19-,20+/m0/s1. The second kappa shape index (κ2) is 11.7. The average Bonchev–Trinajstić information content (AvgIpc) is 2.76. The lowest BCUT2D eigenvalue weighted by Crippen LogP contribution is -2.54. The third kappa shape index (κ3) is 7.73. The number of ether oxygens (including phenoxy) is 2. The molecule has 0 saturated carbocycles. The molecule has 0 bridgehead atoms. The van der Waals surface area contributed by atoms with Gasteiger partial charge in [0.1, 0.15) is 24.5 Å². The molecule has 0 unspecified atom stereocenters. The lowest BCUT2D eigenvalue weighted by atomic mass is 10.0. The van der Waals surface area contributed by atoms with Gasteiger partial charge >= 0.3 is 12.1 Å². The van der Waals surface area contributed by atoms with E-state index in [0.717, 1.165) is 5.56 Å². The van der Waals surface area contributed by atoms with E-state index in [1.54, 1.807) is 13.8 Å². The minimum atomic E-state index is -0.994. The van der Waals surface area contributed by atoms with Crippen LogP contribution in [0.2, 0.25) is 0 Å². The van der Waals surface area contributed by atoms with Crippen molar-refractivity contribution in [2.24, 2.45) is 5.92 Å². The molecule has 0 aliphatic carbocycles. The average molecular weight is 430 g/mol. The van der Waals surface area contributed by atoms with E-state index in [-0.39, 0.29) is 18.9 Å². The molecule has 0 heterocycles. The highest BCUT2D eigenvalue weighted by Gasteiger charge is 2.29. The maximum Gasteiger partial charge on any atom is 0.408 e. The van der Waals surface area contributed by atoms with Crippen LogP contribution >= 0.6 is 0 Å². The number of carbonyl (C=O) groups excluding carboxylic acids is 3. The zero-order valence-corrected chi connectivity index (χ0v) is 17.8. The molecule has 0 saturated heterocycles. The Bertz CT molecular complexity index is 871. The van der Waals surface area contributed by atoms with Crippen molar-refractivity contribution in [3.05, 3.63) is 71.5 Å². The van der Waals surface area contributed by atoms with Gasteiger partial charge in [-0.15, -0.1) is 0 Å². The molecular weight excluding hydrogens is 403 g/mol. The van der Waals surface area contributed by atoms with Gasteiger partial charge in [-0.05, 0) is 29.2 Å². The first kappa shape index (κ1) is 23.9. The molecule has 0 fully saturated rings. The summed E-state index contributed by atoms with van der Waals surface area (Å²) in [6.07, 6.45) is -0.632. The van der Waals surface area contributed by atoms with Gasteiger partial charge in [0.15, 0.2) is 0 Å². The molecule has 2 N–H and O–H groups in total. The molecule has 2 atom stereocenters. The predicted octanol–water partition coefficient (Wildman–Crippen LogP) is 2.98. The summed E-state index contributed by atoms with van der Waals surface area (Å²) in [7, 11) is 1.21. The first-order valence-corrected chi connectivity index (χ1v) is 9.90. The fraction of sp³-hybridized carbons (Fsp3) is 0.348. The van der Waals surface area contributed by atoms with E-state index in [9.17, 15) is 18.8 Å². The summed E-state index contributed by atoms with van der Waals surface area (Å²) in [4.78, 5) is 37.2. The number of nitrogens with one attached hydrogen (secondary N) is 2. The van der Waals surface area contributed by atoms with Crippen LogP contribution in [0.15, 0.2) is 54.6 Å². The smallest absolute Gasteiger partial charge is 0.408 e. The third-order valence-corrected chi connectivity index (χ3v) is 4.59. The van der Waals surface area contributed by atoms with E-state index in [4.69, 9.17) is 9.47 Å². The Labute approximate surface area is 180 Å². The number of hydrogen-bond donors (Lipinski definition) is 2. The minimum absolute atomic E-state index is 0.0639. The van der Waals surface area contributed by atoms with Gasteiger partial charge in [-0.2, -0.15) is 0 Å². The van der Waals surface area contributed by atoms with E-state index in [1.165, 1.54) is 31.4 Å². The molecule has 0 aromatic heterocycles. The largest absolute Gasteiger partial charge is 0.467 e. The molecule has 166 valence electrons. The molecule has 0 aliphatic rings. The van der Waals surface area contributed by atoms with Gasteiger partial charge in [0.05, 0.1) is 7.11 Å². The zero-order valence-electron chi connectivity index (χ0n) is 17.8. The fourth-order valence-corrected chi connectivity index (χ4v) is 2.88. The van der Waals surface area contributed by atoms with Crippen molar-refractivity contribution in [1.29, 1.82) is 0 Å². The molecule has 2 aromatic rings. The van der Waals surface area contributed by atoms with Crippen LogP contribution in [0.5, 0.6) is 0 Å². The van der Waals surface area contributed by atoms with E-state index < -0.39 is 35.9 Å². The van der Waals surface area contributed by atoms with Crippen molar-refractivity contribution in [2.45, 2.75) is 39.0 Å². The first-order chi connectivity index (χ1) is 14.8. The van der Waals surface area contributed by atoms with E-state index in [1.807, 2.05) is 30.3 Å². The Hall–Kier alpha value is -3.42. The Balaban J connectivity index is 2.00. The molecule has 2 aromatic carbocycles. The van der Waals surface area contributed by atoms with Crippen LogP contribution in [0.3, 0.4) is 0 Å². The minimum Gasteiger partial charge on any atom is -0.467 e. The zero-order chi connectivity index (χ0) is 22.8. The Morgan fingerprint density at radius 1 is 0.935 bits per heavy atom. The number of rotatable bonds is 9. The van der Waals surface area contributed by atoms with Crippen molar-refractivity contribution in [2.75, 3.05) is 7.11 Å². The van der Waals surface area contributed by atoms with Crippen LogP contribution in [0.1, 0.15) is 25.0 Å². The van der Waals surface area contributed by atoms with Gasteiger partial charge in [-0.1, -0.05) is 56.3 Å². The topological polar surface area (TPSA) is 93.7 Å². The second-order valence-electron chi connectivity index (χ2n) is 7.34. The number of carbonyl (C=O) groups is 3. The summed E-state index contributed by atoms with van der Waals surface area (Å²) in [6.45, 7) is 3.58. The number of methoxy groups -OCH3 is 1. The van der Waals surface area contributed by atoms with Crippen molar-refractivity contribution in [3.63, 3.8) is 0 Å². The van der Waals surface area contributed by atoms with Crippen molar-refractivity contribution in [3.8, 4) is 0 Å². The van der Waals surface area contributed by atoms with E-state index in [2.05, 4.69) is 10.6 Å². The van der Waals surface area contributed by atoms with Gasteiger partial charge in [0, 0.05) is 6.42 Å². The summed E-state index contributed by atoms with van der Waals surface area (Å²) in [6, 6.07) is 12.8. The monoisotopic (exact) mass is 430 g/mol. The van der Waals surface area contributed by atoms with E-state index in [0.29, 0.717) is 5.56 Å². The molecule has 0 aliphatic heterocycles. The normalized spacial score (nSPS) is 12.5. The molecule has 8 heteroatoms. The van der Waals surface area contributed by atoms with Crippen LogP contribution in [0, 0.1) is 11.7 Å². The molecule has 7 nitrogen and oxygen atoms in total. The van der Waals surface area contributed by atoms with Gasteiger partial charge in [-0.25, -0.2) is 14.0 Å². The number of esters is 1. The predicted molar refractivity (Wildman–Crippen MR) is 112 cm³/mol. The van der Waals surface area contributed by atoms with Crippen LogP contribution in [-0.2, 0) is 32.1 Å². The fourth-order valence-electron chi connectivity index (χ4n) is 2.88. The van der Waals surface area contributed by atoms with Crippen LogP contribution in [0.25, 0.3) is 0 Å². The van der Waals surface area contributed by atoms with Crippen LogP contribution in [-0.4, -0.2) is 37.2 Å². The highest BCUT2D eigenvalue weighted by Crippen LogP contribution is 2.09. The second-order valence-corrected chi connectivity index (χ2v) is 7.34. The molecule has 2 rings (SSSR count). The summed E-state index contributed by atoms with van der Waals surface area (Å²) < 4.78 is 23.1. The summed E-state index contributed by atoms with van der Waals surface area (Å²) in [5.41, 5.74) is 1.46. The summed E-state index contributed by atoms with van der Waals surface area (Å²) in [5.74, 6) is -1.87. The summed E-state index contributed by atoms with van der Waals surface area (Å²) >= 11 is 0. The number of amides is 2. The molecular formula is C23H27FN2O5. The first-order valence-electron chi connectivity index (χ1n) is 9.90. The molecule has 0 radical (unpaired) electrons. The third-order valence-electron chi connectivity index (χ3n) is 4.59. The quantitative estimate of drug-likeness (QED) is 0.597. The SMILES string of the molecule is COC(=O)[C@H](Cc1ccc(F)cc1)NC(=O)[C@H](NC(=O)OCc1ccccc1)C(C)C. The van der Waals surface area contributed by atoms with Crippen molar-refractivity contribution < 1.29 is 28.2 Å².